The highest BCUT2D eigenvalue weighted by Crippen LogP contribution is 2.46. The van der Waals surface area contributed by atoms with Crippen LogP contribution >= 0.6 is 0 Å². The van der Waals surface area contributed by atoms with Gasteiger partial charge in [-0.05, 0) is 112 Å². The molecule has 50 heavy (non-hydrogen) atoms. The van der Waals surface area contributed by atoms with E-state index in [2.05, 4.69) is 71.9 Å². The Kier molecular flexibility index (Phi) is 8.25. The van der Waals surface area contributed by atoms with Gasteiger partial charge < -0.3 is 10.2 Å². The molecule has 0 bridgehead atoms. The van der Waals surface area contributed by atoms with Gasteiger partial charge in [0.1, 0.15) is 0 Å². The van der Waals surface area contributed by atoms with Gasteiger partial charge in [-0.2, -0.15) is 0 Å². The Morgan fingerprint density at radius 2 is 1.00 bits per heavy atom. The fourth-order valence-corrected chi connectivity index (χ4v) is 7.90. The maximum atomic E-state index is 12.8. The van der Waals surface area contributed by atoms with Gasteiger partial charge >= 0.3 is 11.9 Å². The molecule has 2 aliphatic carbocycles. The summed E-state index contributed by atoms with van der Waals surface area (Å²) in [5.41, 5.74) is 9.28. The second kappa shape index (κ2) is 12.3. The van der Waals surface area contributed by atoms with Gasteiger partial charge in [0.2, 0.25) is 0 Å². The number of carboxylic acids is 2. The number of rotatable bonds is 4. The van der Waals surface area contributed by atoms with Crippen LogP contribution in [0.15, 0.2) is 72.8 Å². The summed E-state index contributed by atoms with van der Waals surface area (Å²) in [7, 11) is 0. The Balaban J connectivity index is 1.38. The minimum Gasteiger partial charge on any atom is -0.478 e. The van der Waals surface area contributed by atoms with E-state index >= 15 is 0 Å². The number of aromatic nitrogens is 2. The number of fused-ring (bicyclic) bond motifs is 4. The molecule has 6 nitrogen and oxygen atoms in total. The standard InChI is InChI=1S/C44H44N2O4/c1-43(2,3)29-21-27(39-33(23-29)37(41(47)48)31-14-7-9-16-35(31)45-39)19-25-12-11-13-26(18-25)20-28-22-30(44(4,5)6)24-34-38(42(49)50)32-15-8-10-17-36(32)46-40(28)34/h7-20,29-30H,21-24H2,1-6H3,(H,47,48)(H,49,50)/b27-19+,28-20+/t29-,30+. The third kappa shape index (κ3) is 6.12. The maximum Gasteiger partial charge on any atom is 0.336 e. The molecular weight excluding hydrogens is 620 g/mol. The third-order valence-corrected chi connectivity index (χ3v) is 10.9. The predicted molar refractivity (Wildman–Crippen MR) is 202 cm³/mol. The molecule has 2 heterocycles. The molecule has 2 aromatic heterocycles. The second-order valence-corrected chi connectivity index (χ2v) is 16.2. The SMILES string of the molecule is CC(C)(C)[C@@H]1C/C(=C\c2cccc(/C=C3\C[C@H](C(C)(C)C)Cc4c3nc3ccccc3c4C(=O)O)c2)c2nc3ccccc3c(C(=O)O)c2C1. The van der Waals surface area contributed by atoms with Crippen molar-refractivity contribution in [3.05, 3.63) is 118 Å². The largest absolute Gasteiger partial charge is 0.478 e. The number of carboxylic acid groups (broad SMARTS) is 2. The van der Waals surface area contributed by atoms with E-state index in [1.807, 2.05) is 54.6 Å². The van der Waals surface area contributed by atoms with E-state index in [9.17, 15) is 19.8 Å². The molecular formula is C44H44N2O4. The lowest BCUT2D eigenvalue weighted by Gasteiger charge is -2.36. The highest BCUT2D eigenvalue weighted by Gasteiger charge is 2.36. The van der Waals surface area contributed by atoms with E-state index in [-0.39, 0.29) is 22.7 Å². The minimum atomic E-state index is -0.920. The first-order valence-electron chi connectivity index (χ1n) is 17.5. The summed E-state index contributed by atoms with van der Waals surface area (Å²) >= 11 is 0. The fraction of sp³-hybridized carbons (Fsp3) is 0.318. The van der Waals surface area contributed by atoms with Crippen molar-refractivity contribution >= 4 is 57.0 Å². The molecule has 5 aromatic rings. The average molecular weight is 665 g/mol. The monoisotopic (exact) mass is 664 g/mol. The molecule has 2 atom stereocenters. The van der Waals surface area contributed by atoms with Crippen LogP contribution in [0.5, 0.6) is 0 Å². The number of hydrogen-bond acceptors (Lipinski definition) is 4. The first-order valence-corrected chi connectivity index (χ1v) is 17.5. The summed E-state index contributed by atoms with van der Waals surface area (Å²) in [5.74, 6) is -1.36. The molecule has 2 aliphatic rings. The van der Waals surface area contributed by atoms with Gasteiger partial charge in [-0.15, -0.1) is 0 Å². The highest BCUT2D eigenvalue weighted by atomic mass is 16.4. The summed E-state index contributed by atoms with van der Waals surface area (Å²) in [6, 6.07) is 23.4. The van der Waals surface area contributed by atoms with Gasteiger partial charge in [0, 0.05) is 10.8 Å². The van der Waals surface area contributed by atoms with Crippen LogP contribution in [0.1, 0.15) is 109 Å². The summed E-state index contributed by atoms with van der Waals surface area (Å²) in [6.45, 7) is 13.3. The number of hydrogen-bond donors (Lipinski definition) is 2. The molecule has 0 amide bonds. The number of para-hydroxylation sites is 2. The van der Waals surface area contributed by atoms with Gasteiger partial charge in [-0.1, -0.05) is 96.1 Å². The summed E-state index contributed by atoms with van der Waals surface area (Å²) in [4.78, 5) is 35.7. The molecule has 2 N–H and O–H groups in total. The fourth-order valence-electron chi connectivity index (χ4n) is 7.90. The third-order valence-electron chi connectivity index (χ3n) is 10.9. The summed E-state index contributed by atoms with van der Waals surface area (Å²) < 4.78 is 0. The van der Waals surface area contributed by atoms with Crippen LogP contribution in [0.2, 0.25) is 0 Å². The van der Waals surface area contributed by atoms with Crippen molar-refractivity contribution in [1.29, 1.82) is 0 Å². The number of aromatic carboxylic acids is 2. The number of pyridine rings is 2. The molecule has 0 spiro atoms. The van der Waals surface area contributed by atoms with E-state index in [1.54, 1.807) is 0 Å². The van der Waals surface area contributed by atoms with Crippen LogP contribution in [-0.2, 0) is 12.8 Å². The Labute approximate surface area is 293 Å². The predicted octanol–water partition coefficient (Wildman–Crippen LogP) is 10.5. The van der Waals surface area contributed by atoms with Crippen molar-refractivity contribution in [3.8, 4) is 0 Å². The number of nitrogens with zero attached hydrogens (tertiary/aromatic N) is 2. The zero-order chi connectivity index (χ0) is 35.5. The number of allylic oxidation sites excluding steroid dienone is 2. The molecule has 0 unspecified atom stereocenters. The molecule has 3 aromatic carbocycles. The Bertz CT molecular complexity index is 2110. The summed E-state index contributed by atoms with van der Waals surface area (Å²) in [6.07, 6.45) is 7.26. The van der Waals surface area contributed by atoms with Gasteiger partial charge in [0.15, 0.2) is 0 Å². The first kappa shape index (κ1) is 33.4. The normalized spacial score (nSPS) is 19.5. The molecule has 254 valence electrons. The van der Waals surface area contributed by atoms with E-state index < -0.39 is 11.9 Å². The molecule has 0 saturated carbocycles. The van der Waals surface area contributed by atoms with Crippen LogP contribution in [-0.4, -0.2) is 32.1 Å². The van der Waals surface area contributed by atoms with Crippen LogP contribution in [0, 0.1) is 22.7 Å². The lowest BCUT2D eigenvalue weighted by Crippen LogP contribution is -2.28. The van der Waals surface area contributed by atoms with Crippen LogP contribution < -0.4 is 0 Å². The molecule has 0 aliphatic heterocycles. The van der Waals surface area contributed by atoms with E-state index in [0.717, 1.165) is 57.6 Å². The molecule has 0 fully saturated rings. The van der Waals surface area contributed by atoms with Crippen molar-refractivity contribution in [2.75, 3.05) is 0 Å². The number of benzene rings is 3. The van der Waals surface area contributed by atoms with Crippen molar-refractivity contribution in [1.82, 2.24) is 9.97 Å². The highest BCUT2D eigenvalue weighted by molar-refractivity contribution is 6.07. The number of carbonyl (C=O) groups is 2. The van der Waals surface area contributed by atoms with Crippen molar-refractivity contribution < 1.29 is 19.8 Å². The minimum absolute atomic E-state index is 0.0333. The maximum absolute atomic E-state index is 12.8. The van der Waals surface area contributed by atoms with Crippen LogP contribution in [0.4, 0.5) is 0 Å². The zero-order valence-corrected chi connectivity index (χ0v) is 29.7. The van der Waals surface area contributed by atoms with Crippen molar-refractivity contribution in [3.63, 3.8) is 0 Å². The van der Waals surface area contributed by atoms with E-state index in [4.69, 9.17) is 9.97 Å². The van der Waals surface area contributed by atoms with Crippen molar-refractivity contribution in [2.24, 2.45) is 22.7 Å². The smallest absolute Gasteiger partial charge is 0.336 e. The zero-order valence-electron chi connectivity index (χ0n) is 29.7. The molecule has 0 radical (unpaired) electrons. The van der Waals surface area contributed by atoms with Gasteiger partial charge in [-0.3, -0.25) is 0 Å². The molecule has 7 rings (SSSR count). The van der Waals surface area contributed by atoms with E-state index in [1.165, 1.54) is 0 Å². The van der Waals surface area contributed by atoms with E-state index in [0.29, 0.717) is 45.8 Å². The topological polar surface area (TPSA) is 100 Å². The lowest BCUT2D eigenvalue weighted by molar-refractivity contribution is 0.0685. The van der Waals surface area contributed by atoms with Crippen molar-refractivity contribution in [2.45, 2.75) is 67.2 Å². The average Bonchev–Trinajstić information content (AvgIpc) is 3.05. The second-order valence-electron chi connectivity index (χ2n) is 16.2. The van der Waals surface area contributed by atoms with Gasteiger partial charge in [0.25, 0.3) is 0 Å². The van der Waals surface area contributed by atoms with Crippen LogP contribution in [0.25, 0.3) is 45.1 Å². The summed E-state index contributed by atoms with van der Waals surface area (Å²) in [5, 5.41) is 22.3. The molecule has 6 heteroatoms. The Morgan fingerprint density at radius 1 is 0.600 bits per heavy atom. The Morgan fingerprint density at radius 3 is 1.38 bits per heavy atom. The lowest BCUT2D eigenvalue weighted by atomic mass is 9.68. The van der Waals surface area contributed by atoms with Gasteiger partial charge in [0.05, 0.1) is 33.5 Å². The van der Waals surface area contributed by atoms with Crippen LogP contribution in [0.3, 0.4) is 0 Å². The quantitative estimate of drug-likeness (QED) is 0.198. The first-order chi connectivity index (χ1) is 23.7. The molecule has 0 saturated heterocycles. The Hall–Kier alpha value is -5.10. The van der Waals surface area contributed by atoms with Gasteiger partial charge in [-0.25, -0.2) is 19.6 Å².